The molecule has 2 aromatic rings. The second kappa shape index (κ2) is 14.6. The Morgan fingerprint density at radius 2 is 2.00 bits per heavy atom. The highest BCUT2D eigenvalue weighted by atomic mass is 35.5. The van der Waals surface area contributed by atoms with Gasteiger partial charge in [0.15, 0.2) is 0 Å². The van der Waals surface area contributed by atoms with Crippen LogP contribution in [0.5, 0.6) is 0 Å². The summed E-state index contributed by atoms with van der Waals surface area (Å²) in [5.74, 6) is 0.315. The molecule has 1 aromatic carbocycles. The molecule has 2 heterocycles. The van der Waals surface area contributed by atoms with Crippen LogP contribution in [0, 0.1) is 11.7 Å². The number of aromatic nitrogens is 1. The lowest BCUT2D eigenvalue weighted by molar-refractivity contribution is -0.110. The van der Waals surface area contributed by atoms with Crippen molar-refractivity contribution in [1.82, 2.24) is 15.2 Å². The molecule has 1 N–H and O–H groups in total. The maximum absolute atomic E-state index is 15.0. The summed E-state index contributed by atoms with van der Waals surface area (Å²) in [7, 11) is 1.64. The van der Waals surface area contributed by atoms with E-state index in [1.165, 1.54) is 17.3 Å². The molecule has 1 aliphatic rings. The highest BCUT2D eigenvalue weighted by Gasteiger charge is 2.37. The van der Waals surface area contributed by atoms with Crippen LogP contribution in [-0.2, 0) is 9.59 Å². The van der Waals surface area contributed by atoms with Gasteiger partial charge in [-0.3, -0.25) is 24.5 Å². The number of nitrogens with one attached hydrogen (secondary N) is 1. The quantitative estimate of drug-likeness (QED) is 0.159. The summed E-state index contributed by atoms with van der Waals surface area (Å²) in [5.41, 5.74) is 1.54. The third-order valence-electron chi connectivity index (χ3n) is 7.00. The third-order valence-corrected chi connectivity index (χ3v) is 7.29. The Labute approximate surface area is 245 Å². The van der Waals surface area contributed by atoms with Crippen LogP contribution in [0.3, 0.4) is 0 Å². The van der Waals surface area contributed by atoms with E-state index in [0.717, 1.165) is 0 Å². The second-order valence-corrected chi connectivity index (χ2v) is 10.5. The second-order valence-electron chi connectivity index (χ2n) is 10.1. The first kappa shape index (κ1) is 31.6. The van der Waals surface area contributed by atoms with Crippen LogP contribution in [-0.4, -0.2) is 78.9 Å². The number of amides is 2. The van der Waals surface area contributed by atoms with E-state index in [9.17, 15) is 14.0 Å². The number of nitrogens with zero attached hydrogens (tertiary/aromatic N) is 6. The molecule has 3 unspecified atom stereocenters. The van der Waals surface area contributed by atoms with E-state index in [-0.39, 0.29) is 40.1 Å². The lowest BCUT2D eigenvalue weighted by Gasteiger charge is -2.38. The minimum Gasteiger partial charge on any atom is -0.357 e. The van der Waals surface area contributed by atoms with E-state index in [1.54, 1.807) is 37.4 Å². The van der Waals surface area contributed by atoms with Crippen molar-refractivity contribution in [2.45, 2.75) is 52.2 Å². The summed E-state index contributed by atoms with van der Waals surface area (Å²) < 4.78 is 15.0. The first-order valence-corrected chi connectivity index (χ1v) is 13.8. The third kappa shape index (κ3) is 7.05. The van der Waals surface area contributed by atoms with Gasteiger partial charge in [-0.25, -0.2) is 14.4 Å². The molecule has 41 heavy (non-hydrogen) atoms. The number of halogens is 2. The van der Waals surface area contributed by atoms with E-state index in [1.807, 2.05) is 32.6 Å². The molecule has 2 amide bonds. The Kier molecular flexibility index (Phi) is 11.3. The van der Waals surface area contributed by atoms with Crippen LogP contribution < -0.4 is 10.2 Å². The SMILES string of the molecule is C=CCCN(C(=NC)c1cc(Cl)c(-c2ccccc2F)nc1N(C=O)C1C(C)=NC=NC1C(C)C)C(C)CNC=O. The van der Waals surface area contributed by atoms with Gasteiger partial charge < -0.3 is 10.2 Å². The van der Waals surface area contributed by atoms with Crippen molar-refractivity contribution in [3.8, 4) is 11.3 Å². The predicted octanol–water partition coefficient (Wildman–Crippen LogP) is 4.79. The van der Waals surface area contributed by atoms with Gasteiger partial charge in [0.2, 0.25) is 12.8 Å². The fraction of sp³-hybridized carbons (Fsp3) is 0.400. The number of hydrogen-bond acceptors (Lipinski definition) is 6. The molecule has 0 spiro atoms. The van der Waals surface area contributed by atoms with E-state index < -0.39 is 11.9 Å². The van der Waals surface area contributed by atoms with Crippen molar-refractivity contribution in [3.63, 3.8) is 0 Å². The van der Waals surface area contributed by atoms with Crippen molar-refractivity contribution in [2.75, 3.05) is 25.0 Å². The van der Waals surface area contributed by atoms with Crippen molar-refractivity contribution >= 4 is 48.1 Å². The van der Waals surface area contributed by atoms with E-state index in [4.69, 9.17) is 16.6 Å². The van der Waals surface area contributed by atoms with Gasteiger partial charge in [0.05, 0.1) is 28.4 Å². The summed E-state index contributed by atoms with van der Waals surface area (Å²) in [6.07, 6.45) is 5.27. The topological polar surface area (TPSA) is 103 Å². The molecule has 9 nitrogen and oxygen atoms in total. The Morgan fingerprint density at radius 1 is 1.27 bits per heavy atom. The van der Waals surface area contributed by atoms with Crippen LogP contribution in [0.25, 0.3) is 11.3 Å². The molecule has 1 aromatic heterocycles. The van der Waals surface area contributed by atoms with Gasteiger partial charge in [-0.05, 0) is 44.4 Å². The Bertz CT molecular complexity index is 1340. The molecule has 0 saturated carbocycles. The first-order chi connectivity index (χ1) is 19.7. The summed E-state index contributed by atoms with van der Waals surface area (Å²) >= 11 is 6.79. The molecule has 3 atom stereocenters. The van der Waals surface area contributed by atoms with Crippen LogP contribution in [0.4, 0.5) is 10.2 Å². The molecule has 1 aliphatic heterocycles. The summed E-state index contributed by atoms with van der Waals surface area (Å²) in [4.78, 5) is 46.0. The lowest BCUT2D eigenvalue weighted by atomic mass is 9.91. The van der Waals surface area contributed by atoms with Gasteiger partial charge in [0, 0.05) is 37.5 Å². The van der Waals surface area contributed by atoms with E-state index in [0.29, 0.717) is 49.4 Å². The fourth-order valence-corrected chi connectivity index (χ4v) is 5.19. The zero-order valence-electron chi connectivity index (χ0n) is 24.1. The highest BCUT2D eigenvalue weighted by Crippen LogP contribution is 2.35. The number of rotatable bonds is 13. The molecule has 0 bridgehead atoms. The van der Waals surface area contributed by atoms with Crippen LogP contribution >= 0.6 is 11.6 Å². The Balaban J connectivity index is 2.32. The van der Waals surface area contributed by atoms with Gasteiger partial charge in [-0.15, -0.1) is 6.58 Å². The molecule has 0 fully saturated rings. The van der Waals surface area contributed by atoms with Gasteiger partial charge in [0.25, 0.3) is 0 Å². The zero-order valence-corrected chi connectivity index (χ0v) is 24.8. The Hall–Kier alpha value is -3.92. The van der Waals surface area contributed by atoms with Gasteiger partial charge in [-0.1, -0.05) is 43.7 Å². The van der Waals surface area contributed by atoms with Crippen molar-refractivity contribution in [1.29, 1.82) is 0 Å². The summed E-state index contributed by atoms with van der Waals surface area (Å²) in [5, 5.41) is 2.91. The lowest BCUT2D eigenvalue weighted by Crippen LogP contribution is -2.52. The number of pyridine rings is 1. The molecule has 0 saturated heterocycles. The van der Waals surface area contributed by atoms with Gasteiger partial charge in [-0.2, -0.15) is 0 Å². The maximum atomic E-state index is 15.0. The predicted molar refractivity (Wildman–Crippen MR) is 165 cm³/mol. The fourth-order valence-electron chi connectivity index (χ4n) is 4.94. The average Bonchev–Trinajstić information content (AvgIpc) is 2.96. The first-order valence-electron chi connectivity index (χ1n) is 13.5. The molecule has 11 heteroatoms. The number of amidine groups is 1. The maximum Gasteiger partial charge on any atom is 0.216 e. The van der Waals surface area contributed by atoms with Crippen LogP contribution in [0.1, 0.15) is 39.7 Å². The van der Waals surface area contributed by atoms with E-state index >= 15 is 0 Å². The number of benzene rings is 1. The largest absolute Gasteiger partial charge is 0.357 e. The van der Waals surface area contributed by atoms with E-state index in [2.05, 4.69) is 26.9 Å². The minimum absolute atomic E-state index is 0.0729. The van der Waals surface area contributed by atoms with Crippen molar-refractivity contribution in [2.24, 2.45) is 20.9 Å². The number of carbonyl (C=O) groups is 2. The zero-order chi connectivity index (χ0) is 30.1. The molecular formula is C30H37ClFN7O2. The molecule has 0 aliphatic carbocycles. The number of carbonyl (C=O) groups excluding carboxylic acids is 2. The standard InChI is InChI=1S/C30H37ClFN7O2/c1-7-8-13-38(20(4)15-34-17-40)29(33-6)23-14-24(31)27(22-11-9-10-12-25(22)32)37-30(23)39(18-41)28-21(5)35-16-36-26(28)19(2)3/h7,9-12,14,16-20,26,28H,1,8,13,15H2,2-6H3,(H,34,40). The van der Waals surface area contributed by atoms with Gasteiger partial charge >= 0.3 is 0 Å². The molecule has 3 rings (SSSR count). The molecule has 218 valence electrons. The van der Waals surface area contributed by atoms with Crippen molar-refractivity contribution in [3.05, 3.63) is 59.4 Å². The molecular weight excluding hydrogens is 545 g/mol. The summed E-state index contributed by atoms with van der Waals surface area (Å²) in [6.45, 7) is 12.6. The Morgan fingerprint density at radius 3 is 2.61 bits per heavy atom. The van der Waals surface area contributed by atoms with Crippen molar-refractivity contribution < 1.29 is 14.0 Å². The van der Waals surface area contributed by atoms with Crippen LogP contribution in [0.2, 0.25) is 5.02 Å². The van der Waals surface area contributed by atoms with Gasteiger partial charge in [0.1, 0.15) is 23.8 Å². The number of anilines is 1. The number of hydrogen-bond donors (Lipinski definition) is 1. The monoisotopic (exact) mass is 581 g/mol. The van der Waals surface area contributed by atoms with Crippen LogP contribution in [0.15, 0.2) is 58.0 Å². The minimum atomic E-state index is -0.549. The highest BCUT2D eigenvalue weighted by molar-refractivity contribution is 6.33. The number of aliphatic imine (C=N–C) groups is 3. The molecule has 0 radical (unpaired) electrons. The summed E-state index contributed by atoms with van der Waals surface area (Å²) in [6, 6.07) is 6.83. The smallest absolute Gasteiger partial charge is 0.216 e. The normalized spacial score (nSPS) is 17.6. The average molecular weight is 582 g/mol.